The summed E-state index contributed by atoms with van der Waals surface area (Å²) in [5, 5.41) is 3.91. The van der Waals surface area contributed by atoms with Crippen LogP contribution in [0.1, 0.15) is 51.5 Å². The fraction of sp³-hybridized carbons (Fsp3) is 0.375. The molecule has 1 unspecified atom stereocenters. The topological polar surface area (TPSA) is 96.0 Å². The second-order valence-electron chi connectivity index (χ2n) is 10.5. The van der Waals surface area contributed by atoms with Crippen LogP contribution in [0.15, 0.2) is 77.7 Å². The molecule has 1 saturated carbocycles. The fourth-order valence-electron chi connectivity index (χ4n) is 5.15. The lowest BCUT2D eigenvalue weighted by molar-refractivity contribution is -0.139. The lowest BCUT2D eigenvalue weighted by atomic mass is 9.95. The first-order valence-electron chi connectivity index (χ1n) is 14.4. The third-order valence-corrected chi connectivity index (χ3v) is 9.93. The van der Waals surface area contributed by atoms with Gasteiger partial charge in [-0.3, -0.25) is 13.9 Å². The van der Waals surface area contributed by atoms with Gasteiger partial charge in [-0.25, -0.2) is 8.42 Å². The van der Waals surface area contributed by atoms with E-state index in [2.05, 4.69) is 5.32 Å². The van der Waals surface area contributed by atoms with Crippen LogP contribution in [0.2, 0.25) is 10.0 Å². The molecule has 11 heteroatoms. The zero-order valence-corrected chi connectivity index (χ0v) is 26.7. The first-order valence-corrected chi connectivity index (χ1v) is 16.6. The van der Waals surface area contributed by atoms with Crippen molar-refractivity contribution in [3.05, 3.63) is 88.4 Å². The molecule has 1 atom stereocenters. The Labute approximate surface area is 264 Å². The Hall–Kier alpha value is -3.27. The number of benzene rings is 3. The smallest absolute Gasteiger partial charge is 0.264 e. The van der Waals surface area contributed by atoms with E-state index in [0.29, 0.717) is 21.4 Å². The molecule has 1 N–H and O–H groups in total. The van der Waals surface area contributed by atoms with Crippen LogP contribution < -0.4 is 14.4 Å². The minimum absolute atomic E-state index is 0.0136. The highest BCUT2D eigenvalue weighted by molar-refractivity contribution is 7.92. The molecule has 230 valence electrons. The summed E-state index contributed by atoms with van der Waals surface area (Å²) < 4.78 is 35.0. The van der Waals surface area contributed by atoms with Crippen molar-refractivity contribution in [2.75, 3.05) is 17.5 Å². The normalized spacial score (nSPS) is 14.5. The molecular weight excluding hydrogens is 609 g/mol. The van der Waals surface area contributed by atoms with E-state index in [1.54, 1.807) is 62.4 Å². The third kappa shape index (κ3) is 8.22. The summed E-state index contributed by atoms with van der Waals surface area (Å²) in [5.41, 5.74) is 0.835. The molecule has 0 spiro atoms. The number of anilines is 1. The maximum absolute atomic E-state index is 14.2. The highest BCUT2D eigenvalue weighted by atomic mass is 35.5. The summed E-state index contributed by atoms with van der Waals surface area (Å²) in [6.45, 7) is 3.16. The zero-order chi connectivity index (χ0) is 31.0. The summed E-state index contributed by atoms with van der Waals surface area (Å²) in [4.78, 5) is 29.0. The van der Waals surface area contributed by atoms with Gasteiger partial charge in [-0.2, -0.15) is 0 Å². The number of sulfonamides is 1. The second kappa shape index (κ2) is 14.9. The Morgan fingerprint density at radius 3 is 2.28 bits per heavy atom. The fourth-order valence-corrected chi connectivity index (χ4v) is 6.90. The molecule has 0 aromatic heterocycles. The van der Waals surface area contributed by atoms with Crippen LogP contribution >= 0.6 is 23.2 Å². The highest BCUT2D eigenvalue weighted by Crippen LogP contribution is 2.33. The second-order valence-corrected chi connectivity index (χ2v) is 13.2. The van der Waals surface area contributed by atoms with Gasteiger partial charge in [-0.15, -0.1) is 0 Å². The van der Waals surface area contributed by atoms with Crippen molar-refractivity contribution in [3.8, 4) is 5.75 Å². The van der Waals surface area contributed by atoms with E-state index in [1.165, 1.54) is 29.2 Å². The first-order chi connectivity index (χ1) is 20.6. The Kier molecular flexibility index (Phi) is 11.3. The summed E-state index contributed by atoms with van der Waals surface area (Å²) in [7, 11) is -4.27. The van der Waals surface area contributed by atoms with E-state index >= 15 is 0 Å². The number of ether oxygens (including phenoxy) is 1. The third-order valence-electron chi connectivity index (χ3n) is 7.53. The molecule has 3 aromatic rings. The van der Waals surface area contributed by atoms with Crippen LogP contribution in [0.3, 0.4) is 0 Å². The SMILES string of the molecule is CCOc1ccccc1N(CC(=O)N(Cc1ccccc1Cl)C(C)C(=O)NC1CCCCC1)S(=O)(=O)c1ccc(Cl)cc1. The highest BCUT2D eigenvalue weighted by Gasteiger charge is 2.34. The van der Waals surface area contributed by atoms with Crippen LogP contribution in [0.25, 0.3) is 0 Å². The van der Waals surface area contributed by atoms with Crippen LogP contribution in [-0.4, -0.2) is 50.4 Å². The van der Waals surface area contributed by atoms with Crippen LogP contribution in [0, 0.1) is 0 Å². The van der Waals surface area contributed by atoms with E-state index in [-0.39, 0.29) is 35.7 Å². The van der Waals surface area contributed by atoms with E-state index in [9.17, 15) is 18.0 Å². The van der Waals surface area contributed by atoms with Gasteiger partial charge in [0.05, 0.1) is 17.2 Å². The predicted octanol–water partition coefficient (Wildman–Crippen LogP) is 6.45. The summed E-state index contributed by atoms with van der Waals surface area (Å²) >= 11 is 12.5. The van der Waals surface area contributed by atoms with Crippen molar-refractivity contribution in [1.29, 1.82) is 0 Å². The number of hydrogen-bond acceptors (Lipinski definition) is 5. The maximum atomic E-state index is 14.2. The minimum atomic E-state index is -4.27. The van der Waals surface area contributed by atoms with Crippen LogP contribution in [-0.2, 0) is 26.2 Å². The molecule has 43 heavy (non-hydrogen) atoms. The largest absolute Gasteiger partial charge is 0.492 e. The van der Waals surface area contributed by atoms with Crippen LogP contribution in [0.5, 0.6) is 5.75 Å². The number of para-hydroxylation sites is 2. The number of nitrogens with one attached hydrogen (secondary N) is 1. The molecule has 8 nitrogen and oxygen atoms in total. The number of amides is 2. The number of rotatable bonds is 12. The molecular formula is C32H37Cl2N3O5S. The van der Waals surface area contributed by atoms with Crippen LogP contribution in [0.4, 0.5) is 5.69 Å². The number of carbonyl (C=O) groups is 2. The van der Waals surface area contributed by atoms with Gasteiger partial charge in [-0.1, -0.05) is 72.8 Å². The average molecular weight is 647 g/mol. The van der Waals surface area contributed by atoms with Gasteiger partial charge in [0, 0.05) is 22.6 Å². The lowest BCUT2D eigenvalue weighted by Crippen LogP contribution is -2.53. The predicted molar refractivity (Wildman–Crippen MR) is 170 cm³/mol. The molecule has 0 heterocycles. The standard InChI is InChI=1S/C32H37Cl2N3O5S/c1-3-42-30-16-10-9-15-29(30)37(43(40,41)27-19-17-25(33)18-20-27)22-31(38)36(21-24-11-7-8-14-28(24)34)23(2)32(39)35-26-12-5-4-6-13-26/h7-11,14-20,23,26H,3-6,12-13,21-22H2,1-2H3,(H,35,39). The molecule has 0 radical (unpaired) electrons. The Morgan fingerprint density at radius 1 is 0.953 bits per heavy atom. The summed E-state index contributed by atoms with van der Waals surface area (Å²) in [5.74, 6) is -0.569. The van der Waals surface area contributed by atoms with E-state index in [1.807, 2.05) is 0 Å². The molecule has 0 aliphatic heterocycles. The van der Waals surface area contributed by atoms with E-state index < -0.39 is 28.5 Å². The van der Waals surface area contributed by atoms with Crippen molar-refractivity contribution in [3.63, 3.8) is 0 Å². The summed E-state index contributed by atoms with van der Waals surface area (Å²) in [6, 6.07) is 18.6. The van der Waals surface area contributed by atoms with E-state index in [0.717, 1.165) is 36.4 Å². The van der Waals surface area contributed by atoms with E-state index in [4.69, 9.17) is 27.9 Å². The Balaban J connectivity index is 1.72. The van der Waals surface area contributed by atoms with Gasteiger partial charge >= 0.3 is 0 Å². The molecule has 0 saturated heterocycles. The lowest BCUT2D eigenvalue weighted by Gasteiger charge is -2.33. The Bertz CT molecular complexity index is 1510. The first kappa shape index (κ1) is 32.6. The number of carbonyl (C=O) groups excluding carboxylic acids is 2. The van der Waals surface area contributed by atoms with Gasteiger partial charge in [0.2, 0.25) is 11.8 Å². The number of hydrogen-bond donors (Lipinski definition) is 1. The van der Waals surface area contributed by atoms with Gasteiger partial charge in [-0.05, 0) is 74.7 Å². The van der Waals surface area contributed by atoms with Gasteiger partial charge in [0.15, 0.2) is 0 Å². The van der Waals surface area contributed by atoms with Crippen molar-refractivity contribution in [1.82, 2.24) is 10.2 Å². The minimum Gasteiger partial charge on any atom is -0.492 e. The van der Waals surface area contributed by atoms with Gasteiger partial charge in [0.1, 0.15) is 18.3 Å². The van der Waals surface area contributed by atoms with Crippen molar-refractivity contribution >= 4 is 50.7 Å². The quantitative estimate of drug-likeness (QED) is 0.244. The van der Waals surface area contributed by atoms with Crippen molar-refractivity contribution in [2.24, 2.45) is 0 Å². The molecule has 4 rings (SSSR count). The zero-order valence-electron chi connectivity index (χ0n) is 24.3. The molecule has 0 bridgehead atoms. The van der Waals surface area contributed by atoms with Gasteiger partial charge in [0.25, 0.3) is 10.0 Å². The molecule has 1 aliphatic rings. The number of nitrogens with zero attached hydrogens (tertiary/aromatic N) is 2. The molecule has 1 fully saturated rings. The van der Waals surface area contributed by atoms with Crippen molar-refractivity contribution in [2.45, 2.75) is 69.5 Å². The Morgan fingerprint density at radius 2 is 1.60 bits per heavy atom. The molecule has 3 aromatic carbocycles. The molecule has 2 amide bonds. The monoisotopic (exact) mass is 645 g/mol. The summed E-state index contributed by atoms with van der Waals surface area (Å²) in [6.07, 6.45) is 4.99. The number of halogens is 2. The maximum Gasteiger partial charge on any atom is 0.264 e. The average Bonchev–Trinajstić information content (AvgIpc) is 3.00. The molecule has 1 aliphatic carbocycles. The van der Waals surface area contributed by atoms with Gasteiger partial charge < -0.3 is 15.0 Å². The van der Waals surface area contributed by atoms with Crippen molar-refractivity contribution < 1.29 is 22.7 Å².